The summed E-state index contributed by atoms with van der Waals surface area (Å²) in [5, 5.41) is 0. The molecule has 210 valence electrons. The third-order valence-electron chi connectivity index (χ3n) is 6.13. The van der Waals surface area contributed by atoms with E-state index >= 15 is 0 Å². The van der Waals surface area contributed by atoms with Crippen molar-refractivity contribution < 1.29 is 28.5 Å². The van der Waals surface area contributed by atoms with E-state index in [0.717, 1.165) is 11.1 Å². The first kappa shape index (κ1) is 29.3. The van der Waals surface area contributed by atoms with Crippen molar-refractivity contribution in [1.29, 1.82) is 0 Å². The molecule has 40 heavy (non-hydrogen) atoms. The number of allylic oxidation sites excluding steroid dienone is 1. The summed E-state index contributed by atoms with van der Waals surface area (Å²) < 4.78 is 23.9. The molecule has 0 unspecified atom stereocenters. The number of ether oxygens (including phenoxy) is 4. The molecule has 2 aromatic carbocycles. The van der Waals surface area contributed by atoms with Crippen molar-refractivity contribution in [2.45, 2.75) is 33.7 Å². The number of esters is 2. The molecule has 1 aliphatic rings. The highest BCUT2D eigenvalue weighted by atomic mass is 79.9. The molecular formula is C29H29BrN2O7S. The lowest BCUT2D eigenvalue weighted by Gasteiger charge is -2.24. The predicted octanol–water partition coefficient (Wildman–Crippen LogP) is 3.82. The van der Waals surface area contributed by atoms with Crippen LogP contribution in [0.1, 0.15) is 43.5 Å². The van der Waals surface area contributed by atoms with Crippen molar-refractivity contribution in [3.05, 3.63) is 88.5 Å². The number of thiazole rings is 1. The molecule has 0 bridgehead atoms. The number of halogens is 1. The van der Waals surface area contributed by atoms with Crippen LogP contribution in [0.15, 0.2) is 61.9 Å². The van der Waals surface area contributed by atoms with Crippen LogP contribution in [0.4, 0.5) is 0 Å². The molecular weight excluding hydrogens is 600 g/mol. The maximum Gasteiger partial charge on any atom is 0.344 e. The molecule has 11 heteroatoms. The van der Waals surface area contributed by atoms with Gasteiger partial charge in [-0.05, 0) is 57.0 Å². The second-order valence-electron chi connectivity index (χ2n) is 8.83. The van der Waals surface area contributed by atoms with Gasteiger partial charge in [0.05, 0.1) is 42.2 Å². The fourth-order valence-electron chi connectivity index (χ4n) is 4.27. The Bertz CT molecular complexity index is 1650. The lowest BCUT2D eigenvalue weighted by molar-refractivity contribution is -0.145. The second kappa shape index (κ2) is 12.6. The lowest BCUT2D eigenvalue weighted by atomic mass is 9.95. The first-order chi connectivity index (χ1) is 19.2. The van der Waals surface area contributed by atoms with E-state index in [1.165, 1.54) is 18.4 Å². The van der Waals surface area contributed by atoms with Gasteiger partial charge in [-0.15, -0.1) is 0 Å². The summed E-state index contributed by atoms with van der Waals surface area (Å²) in [7, 11) is 1.49. The van der Waals surface area contributed by atoms with Crippen molar-refractivity contribution >= 4 is 45.3 Å². The number of hydrogen-bond acceptors (Lipinski definition) is 9. The fraction of sp³-hybridized carbons (Fsp3) is 0.310. The Morgan fingerprint density at radius 1 is 1.07 bits per heavy atom. The van der Waals surface area contributed by atoms with Crippen LogP contribution in [-0.2, 0) is 19.1 Å². The van der Waals surface area contributed by atoms with Crippen molar-refractivity contribution in [2.24, 2.45) is 4.99 Å². The van der Waals surface area contributed by atoms with Gasteiger partial charge in [0.1, 0.15) is 0 Å². The molecule has 1 aromatic heterocycles. The van der Waals surface area contributed by atoms with Crippen molar-refractivity contribution in [2.75, 3.05) is 26.9 Å². The number of carbonyl (C=O) groups is 2. The molecule has 0 radical (unpaired) electrons. The fourth-order valence-corrected chi connectivity index (χ4v) is 5.74. The van der Waals surface area contributed by atoms with Gasteiger partial charge in [-0.25, -0.2) is 14.6 Å². The molecule has 2 heterocycles. The number of nitrogens with zero attached hydrogens (tertiary/aromatic N) is 2. The van der Waals surface area contributed by atoms with Crippen LogP contribution in [0, 0.1) is 6.92 Å². The van der Waals surface area contributed by atoms with Crippen molar-refractivity contribution in [3.8, 4) is 11.5 Å². The highest BCUT2D eigenvalue weighted by molar-refractivity contribution is 9.10. The van der Waals surface area contributed by atoms with Gasteiger partial charge in [-0.1, -0.05) is 57.1 Å². The molecule has 9 nitrogen and oxygen atoms in total. The van der Waals surface area contributed by atoms with Crippen molar-refractivity contribution in [3.63, 3.8) is 0 Å². The smallest absolute Gasteiger partial charge is 0.344 e. The zero-order valence-electron chi connectivity index (χ0n) is 22.8. The highest BCUT2D eigenvalue weighted by Gasteiger charge is 2.33. The van der Waals surface area contributed by atoms with Gasteiger partial charge in [0.2, 0.25) is 0 Å². The minimum atomic E-state index is -0.685. The zero-order chi connectivity index (χ0) is 29.0. The normalized spacial score (nSPS) is 14.8. The summed E-state index contributed by atoms with van der Waals surface area (Å²) >= 11 is 4.76. The van der Waals surface area contributed by atoms with Crippen LogP contribution < -0.4 is 24.4 Å². The number of aryl methyl sites for hydroxylation is 1. The third-order valence-corrected chi connectivity index (χ3v) is 7.80. The van der Waals surface area contributed by atoms with E-state index in [0.29, 0.717) is 42.1 Å². The minimum absolute atomic E-state index is 0.204. The molecule has 1 atom stereocenters. The van der Waals surface area contributed by atoms with Gasteiger partial charge < -0.3 is 18.9 Å². The Morgan fingerprint density at radius 2 is 1.77 bits per heavy atom. The van der Waals surface area contributed by atoms with Gasteiger partial charge in [0, 0.05) is 4.47 Å². The van der Waals surface area contributed by atoms with E-state index in [1.807, 2.05) is 31.2 Å². The molecule has 0 fully saturated rings. The molecule has 0 N–H and O–H groups in total. The maximum absolute atomic E-state index is 13.9. The van der Waals surface area contributed by atoms with Crippen LogP contribution in [0.25, 0.3) is 6.08 Å². The Balaban J connectivity index is 1.82. The summed E-state index contributed by atoms with van der Waals surface area (Å²) in [6, 6.07) is 10.4. The Kier molecular flexibility index (Phi) is 9.26. The van der Waals surface area contributed by atoms with Crippen LogP contribution in [0.5, 0.6) is 11.5 Å². The highest BCUT2D eigenvalue weighted by Crippen LogP contribution is 2.34. The molecule has 0 saturated heterocycles. The zero-order valence-corrected chi connectivity index (χ0v) is 25.2. The monoisotopic (exact) mass is 628 g/mol. The number of hydrogen-bond donors (Lipinski definition) is 0. The third kappa shape index (κ3) is 6.05. The Hall–Kier alpha value is -3.70. The standard InChI is InChI=1S/C29H29BrN2O7S/c1-6-37-24(33)15-39-22-14-20(30)19(12-21(22)36-5)13-23-27(34)32-26(18-10-8-16(3)9-11-18)25(28(35)38-7-2)17(4)31-29(32)40-23/h8-14,26H,6-7,15H2,1-5H3/b23-13+/t26-/m0/s1. The van der Waals surface area contributed by atoms with E-state index in [2.05, 4.69) is 20.9 Å². The summed E-state index contributed by atoms with van der Waals surface area (Å²) in [6.45, 7) is 7.37. The summed E-state index contributed by atoms with van der Waals surface area (Å²) in [5.74, 6) is -0.277. The second-order valence-corrected chi connectivity index (χ2v) is 10.7. The molecule has 1 aliphatic heterocycles. The van der Waals surface area contributed by atoms with Crippen molar-refractivity contribution in [1.82, 2.24) is 4.57 Å². The first-order valence-electron chi connectivity index (χ1n) is 12.6. The SMILES string of the molecule is CCOC(=O)COc1cc(Br)c(/C=c2/sc3n(c2=O)[C@@H](c2ccc(C)cc2)C(C(=O)OCC)=C(C)N=3)cc1OC. The number of rotatable bonds is 9. The van der Waals surface area contributed by atoms with Gasteiger partial charge in [0.15, 0.2) is 22.9 Å². The van der Waals surface area contributed by atoms with E-state index in [-0.39, 0.29) is 25.4 Å². The van der Waals surface area contributed by atoms with E-state index in [1.54, 1.807) is 43.5 Å². The average molecular weight is 630 g/mol. The van der Waals surface area contributed by atoms with Crippen LogP contribution in [0.3, 0.4) is 0 Å². The number of aromatic nitrogens is 1. The van der Waals surface area contributed by atoms with Gasteiger partial charge >= 0.3 is 11.9 Å². The molecule has 0 saturated carbocycles. The largest absolute Gasteiger partial charge is 0.493 e. The number of fused-ring (bicyclic) bond motifs is 1. The van der Waals surface area contributed by atoms with Gasteiger partial charge in [-0.3, -0.25) is 9.36 Å². The number of methoxy groups -OCH3 is 1. The summed E-state index contributed by atoms with van der Waals surface area (Å²) in [5.41, 5.74) is 3.03. The topological polar surface area (TPSA) is 105 Å². The lowest BCUT2D eigenvalue weighted by Crippen LogP contribution is -2.39. The summed E-state index contributed by atoms with van der Waals surface area (Å²) in [6.07, 6.45) is 1.72. The van der Waals surface area contributed by atoms with E-state index < -0.39 is 18.0 Å². The maximum atomic E-state index is 13.9. The van der Waals surface area contributed by atoms with Gasteiger partial charge in [0.25, 0.3) is 5.56 Å². The molecule has 4 rings (SSSR count). The molecule has 0 spiro atoms. The predicted molar refractivity (Wildman–Crippen MR) is 154 cm³/mol. The number of benzene rings is 2. The Labute approximate surface area is 243 Å². The Morgan fingerprint density at radius 3 is 2.42 bits per heavy atom. The van der Waals surface area contributed by atoms with Gasteiger partial charge in [-0.2, -0.15) is 0 Å². The van der Waals surface area contributed by atoms with E-state index in [9.17, 15) is 14.4 Å². The average Bonchev–Trinajstić information content (AvgIpc) is 3.22. The van der Waals surface area contributed by atoms with E-state index in [4.69, 9.17) is 18.9 Å². The number of carbonyl (C=O) groups excluding carboxylic acids is 2. The first-order valence-corrected chi connectivity index (χ1v) is 14.2. The quantitative estimate of drug-likeness (QED) is 0.332. The van der Waals surface area contributed by atoms with Crippen LogP contribution in [-0.4, -0.2) is 43.4 Å². The minimum Gasteiger partial charge on any atom is -0.493 e. The molecule has 3 aromatic rings. The van der Waals surface area contributed by atoms with Crippen LogP contribution in [0.2, 0.25) is 0 Å². The van der Waals surface area contributed by atoms with Crippen LogP contribution >= 0.6 is 27.3 Å². The molecule has 0 amide bonds. The molecule has 0 aliphatic carbocycles. The summed E-state index contributed by atoms with van der Waals surface area (Å²) in [4.78, 5) is 43.7.